The highest BCUT2D eigenvalue weighted by atomic mass is 32.2. The van der Waals surface area contributed by atoms with Gasteiger partial charge in [-0.1, -0.05) is 17.7 Å². The molecule has 2 aromatic rings. The summed E-state index contributed by atoms with van der Waals surface area (Å²) in [5, 5.41) is 4.38. The van der Waals surface area contributed by atoms with Crippen molar-refractivity contribution in [2.75, 3.05) is 6.54 Å². The highest BCUT2D eigenvalue weighted by Gasteiger charge is 2.16. The van der Waals surface area contributed by atoms with Crippen molar-refractivity contribution in [3.63, 3.8) is 0 Å². The highest BCUT2D eigenvalue weighted by molar-refractivity contribution is 7.89. The van der Waals surface area contributed by atoms with E-state index in [0.29, 0.717) is 6.54 Å². The van der Waals surface area contributed by atoms with E-state index in [4.69, 9.17) is 0 Å². The van der Waals surface area contributed by atoms with E-state index >= 15 is 0 Å². The molecule has 1 atom stereocenters. The molecule has 1 N–H and O–H groups in total. The van der Waals surface area contributed by atoms with Crippen molar-refractivity contribution >= 4 is 10.0 Å². The van der Waals surface area contributed by atoms with E-state index < -0.39 is 10.0 Å². The molecular formula is C15H21N3O2S. The highest BCUT2D eigenvalue weighted by Crippen LogP contribution is 2.13. The Morgan fingerprint density at radius 1 is 1.19 bits per heavy atom. The lowest BCUT2D eigenvalue weighted by Crippen LogP contribution is -2.30. The van der Waals surface area contributed by atoms with Crippen molar-refractivity contribution in [2.24, 2.45) is 0 Å². The van der Waals surface area contributed by atoms with Gasteiger partial charge in [0.25, 0.3) is 0 Å². The summed E-state index contributed by atoms with van der Waals surface area (Å²) in [6.45, 7) is 8.06. The van der Waals surface area contributed by atoms with Gasteiger partial charge in [0, 0.05) is 12.2 Å². The molecule has 5 nitrogen and oxygen atoms in total. The fourth-order valence-electron chi connectivity index (χ4n) is 2.21. The maximum Gasteiger partial charge on any atom is 0.240 e. The molecule has 0 bridgehead atoms. The third kappa shape index (κ3) is 3.71. The van der Waals surface area contributed by atoms with Crippen molar-refractivity contribution in [2.45, 2.75) is 38.6 Å². The molecule has 1 aromatic heterocycles. The fraction of sp³-hybridized carbons (Fsp3) is 0.400. The number of aryl methyl sites for hydroxylation is 3. The summed E-state index contributed by atoms with van der Waals surface area (Å²) >= 11 is 0. The normalized spacial score (nSPS) is 13.3. The van der Waals surface area contributed by atoms with Crippen LogP contribution >= 0.6 is 0 Å². The molecule has 0 aliphatic heterocycles. The first-order valence-corrected chi connectivity index (χ1v) is 8.37. The van der Waals surface area contributed by atoms with Crippen LogP contribution in [0.4, 0.5) is 0 Å². The average Bonchev–Trinajstić information content (AvgIpc) is 2.76. The second-order valence-corrected chi connectivity index (χ2v) is 7.15. The molecule has 114 valence electrons. The summed E-state index contributed by atoms with van der Waals surface area (Å²) in [5.41, 5.74) is 2.99. The van der Waals surface area contributed by atoms with Crippen LogP contribution in [-0.4, -0.2) is 24.7 Å². The van der Waals surface area contributed by atoms with Crippen molar-refractivity contribution in [1.82, 2.24) is 14.5 Å². The lowest BCUT2D eigenvalue weighted by atomic mass is 10.2. The number of benzene rings is 1. The molecule has 0 unspecified atom stereocenters. The number of nitrogens with zero attached hydrogens (tertiary/aromatic N) is 2. The van der Waals surface area contributed by atoms with Crippen molar-refractivity contribution in [3.05, 3.63) is 47.3 Å². The van der Waals surface area contributed by atoms with Gasteiger partial charge in [0.2, 0.25) is 10.0 Å². The Morgan fingerprint density at radius 3 is 2.33 bits per heavy atom. The lowest BCUT2D eigenvalue weighted by molar-refractivity contribution is 0.467. The largest absolute Gasteiger partial charge is 0.266 e. The zero-order valence-corrected chi connectivity index (χ0v) is 13.6. The monoisotopic (exact) mass is 307 g/mol. The Bertz CT molecular complexity index is 718. The molecule has 0 radical (unpaired) electrons. The Morgan fingerprint density at radius 2 is 1.81 bits per heavy atom. The Kier molecular flexibility index (Phi) is 4.49. The van der Waals surface area contributed by atoms with Gasteiger partial charge in [-0.2, -0.15) is 5.10 Å². The van der Waals surface area contributed by atoms with E-state index in [9.17, 15) is 8.42 Å². The van der Waals surface area contributed by atoms with Gasteiger partial charge in [-0.15, -0.1) is 0 Å². The van der Waals surface area contributed by atoms with Gasteiger partial charge in [-0.25, -0.2) is 13.1 Å². The summed E-state index contributed by atoms with van der Waals surface area (Å²) in [5.74, 6) is 0. The molecular weight excluding hydrogens is 286 g/mol. The first-order chi connectivity index (χ1) is 9.79. The van der Waals surface area contributed by atoms with Gasteiger partial charge in [0.05, 0.1) is 16.6 Å². The predicted octanol–water partition coefficient (Wildman–Crippen LogP) is 2.35. The number of hydrogen-bond donors (Lipinski definition) is 1. The first-order valence-electron chi connectivity index (χ1n) is 6.88. The zero-order valence-electron chi connectivity index (χ0n) is 12.8. The number of nitrogens with one attached hydrogen (secondary N) is 1. The molecule has 1 aromatic carbocycles. The maximum absolute atomic E-state index is 12.2. The van der Waals surface area contributed by atoms with E-state index in [1.165, 1.54) is 0 Å². The van der Waals surface area contributed by atoms with Gasteiger partial charge >= 0.3 is 0 Å². The molecule has 0 amide bonds. The summed E-state index contributed by atoms with van der Waals surface area (Å²) in [6, 6.07) is 8.75. The predicted molar refractivity (Wildman–Crippen MR) is 82.8 cm³/mol. The minimum atomic E-state index is -3.48. The summed E-state index contributed by atoms with van der Waals surface area (Å²) < 4.78 is 28.9. The quantitative estimate of drug-likeness (QED) is 0.922. The number of rotatable bonds is 5. The molecule has 0 aliphatic rings. The molecule has 0 aliphatic carbocycles. The molecule has 1 heterocycles. The average molecular weight is 307 g/mol. The third-order valence-electron chi connectivity index (χ3n) is 3.36. The van der Waals surface area contributed by atoms with E-state index in [-0.39, 0.29) is 10.9 Å². The molecule has 0 fully saturated rings. The Balaban J connectivity index is 2.08. The molecule has 2 rings (SSSR count). The van der Waals surface area contributed by atoms with Gasteiger partial charge < -0.3 is 0 Å². The fourth-order valence-corrected chi connectivity index (χ4v) is 3.33. The van der Waals surface area contributed by atoms with E-state index in [0.717, 1.165) is 17.0 Å². The third-order valence-corrected chi connectivity index (χ3v) is 4.80. The Labute approximate surface area is 126 Å². The molecule has 6 heteroatoms. The molecule has 0 spiro atoms. The van der Waals surface area contributed by atoms with Crippen molar-refractivity contribution in [1.29, 1.82) is 0 Å². The van der Waals surface area contributed by atoms with Crippen LogP contribution in [0.1, 0.15) is 29.9 Å². The van der Waals surface area contributed by atoms with E-state index in [2.05, 4.69) is 9.82 Å². The van der Waals surface area contributed by atoms with E-state index in [1.54, 1.807) is 24.3 Å². The standard InChI is InChI=1S/C15H21N3O2S/c1-11-5-7-15(8-6-11)21(19,20)16-10-14(4)18-13(3)9-12(2)17-18/h5-9,14,16H,10H2,1-4H3/t14-/m0/s1. The second kappa shape index (κ2) is 5.99. The zero-order chi connectivity index (χ0) is 15.6. The van der Waals surface area contributed by atoms with Crippen molar-refractivity contribution in [3.8, 4) is 0 Å². The van der Waals surface area contributed by atoms with Gasteiger partial charge in [0.15, 0.2) is 0 Å². The van der Waals surface area contributed by atoms with Gasteiger partial charge in [-0.05, 0) is 45.9 Å². The smallest absolute Gasteiger partial charge is 0.240 e. The van der Waals surface area contributed by atoms with Gasteiger partial charge in [0.1, 0.15) is 0 Å². The van der Waals surface area contributed by atoms with E-state index in [1.807, 2.05) is 38.4 Å². The molecule has 21 heavy (non-hydrogen) atoms. The summed E-state index contributed by atoms with van der Waals surface area (Å²) in [7, 11) is -3.48. The van der Waals surface area contributed by atoms with Crippen LogP contribution in [0.25, 0.3) is 0 Å². The van der Waals surface area contributed by atoms with Crippen LogP contribution in [0.3, 0.4) is 0 Å². The van der Waals surface area contributed by atoms with Crippen LogP contribution in [0.15, 0.2) is 35.2 Å². The summed E-state index contributed by atoms with van der Waals surface area (Å²) in [4.78, 5) is 0.286. The minimum Gasteiger partial charge on any atom is -0.266 e. The summed E-state index contributed by atoms with van der Waals surface area (Å²) in [6.07, 6.45) is 0. The van der Waals surface area contributed by atoms with Crippen LogP contribution in [-0.2, 0) is 10.0 Å². The topological polar surface area (TPSA) is 64.0 Å². The first kappa shape index (κ1) is 15.7. The van der Waals surface area contributed by atoms with Crippen LogP contribution in [0.2, 0.25) is 0 Å². The minimum absolute atomic E-state index is 0.0427. The molecule has 0 saturated carbocycles. The Hall–Kier alpha value is -1.66. The SMILES string of the molecule is Cc1ccc(S(=O)(=O)NC[C@H](C)n2nc(C)cc2C)cc1. The number of sulfonamides is 1. The van der Waals surface area contributed by atoms with Crippen molar-refractivity contribution < 1.29 is 8.42 Å². The van der Waals surface area contributed by atoms with Crippen LogP contribution in [0, 0.1) is 20.8 Å². The number of aromatic nitrogens is 2. The van der Waals surface area contributed by atoms with Crippen LogP contribution < -0.4 is 4.72 Å². The maximum atomic E-state index is 12.2. The second-order valence-electron chi connectivity index (χ2n) is 5.39. The lowest BCUT2D eigenvalue weighted by Gasteiger charge is -2.15. The van der Waals surface area contributed by atoms with Gasteiger partial charge in [-0.3, -0.25) is 4.68 Å². The molecule has 0 saturated heterocycles. The number of hydrogen-bond acceptors (Lipinski definition) is 3. The van der Waals surface area contributed by atoms with Crippen LogP contribution in [0.5, 0.6) is 0 Å².